The van der Waals surface area contributed by atoms with Gasteiger partial charge in [-0.3, -0.25) is 9.59 Å². The van der Waals surface area contributed by atoms with Gasteiger partial charge in [-0.05, 0) is 20.3 Å². The van der Waals surface area contributed by atoms with Gasteiger partial charge < -0.3 is 10.0 Å². The molecule has 0 spiro atoms. The van der Waals surface area contributed by atoms with Crippen LogP contribution in [0.15, 0.2) is 0 Å². The van der Waals surface area contributed by atoms with Crippen molar-refractivity contribution in [3.05, 3.63) is 0 Å². The molecule has 0 fully saturated rings. The number of alkyl halides is 3. The summed E-state index contributed by atoms with van der Waals surface area (Å²) in [6.07, 6.45) is -6.05. The van der Waals surface area contributed by atoms with Crippen LogP contribution in [0, 0.1) is 0 Å². The van der Waals surface area contributed by atoms with Crippen molar-refractivity contribution in [2.45, 2.75) is 45.3 Å². The van der Waals surface area contributed by atoms with Crippen LogP contribution in [0.5, 0.6) is 0 Å². The molecular formula is C10H16F3NO3. The van der Waals surface area contributed by atoms with E-state index < -0.39 is 24.5 Å². The summed E-state index contributed by atoms with van der Waals surface area (Å²) in [5.74, 6) is -2.05. The first-order chi connectivity index (χ1) is 7.63. The Morgan fingerprint density at radius 3 is 2.18 bits per heavy atom. The lowest BCUT2D eigenvalue weighted by atomic mass is 10.2. The molecule has 0 atom stereocenters. The Hall–Kier alpha value is -1.27. The van der Waals surface area contributed by atoms with Crippen LogP contribution in [0.1, 0.15) is 33.1 Å². The van der Waals surface area contributed by atoms with Gasteiger partial charge in [-0.2, -0.15) is 13.2 Å². The lowest BCUT2D eigenvalue weighted by Gasteiger charge is -2.27. The SMILES string of the molecule is CC(C)N(CCCC(=O)O)C(=O)CC(F)(F)F. The second-order valence-corrected chi connectivity index (χ2v) is 3.97. The standard InChI is InChI=1S/C10H16F3NO3/c1-7(2)14(5-3-4-9(16)17)8(15)6-10(11,12)13/h7H,3-6H2,1-2H3,(H,16,17). The van der Waals surface area contributed by atoms with Gasteiger partial charge in [0.15, 0.2) is 0 Å². The second kappa shape index (κ2) is 6.46. The molecule has 0 aliphatic heterocycles. The van der Waals surface area contributed by atoms with Crippen LogP contribution in [0.25, 0.3) is 0 Å². The molecule has 0 rings (SSSR count). The zero-order valence-electron chi connectivity index (χ0n) is 9.75. The van der Waals surface area contributed by atoms with Gasteiger partial charge in [-0.1, -0.05) is 0 Å². The van der Waals surface area contributed by atoms with Gasteiger partial charge >= 0.3 is 12.1 Å². The maximum absolute atomic E-state index is 12.0. The molecule has 0 bridgehead atoms. The van der Waals surface area contributed by atoms with Gasteiger partial charge in [0.25, 0.3) is 0 Å². The fourth-order valence-corrected chi connectivity index (χ4v) is 1.34. The number of nitrogens with zero attached hydrogens (tertiary/aromatic N) is 1. The summed E-state index contributed by atoms with van der Waals surface area (Å²) in [5, 5.41) is 8.41. The number of rotatable bonds is 6. The number of carbonyl (C=O) groups is 2. The number of carbonyl (C=O) groups excluding carboxylic acids is 1. The monoisotopic (exact) mass is 255 g/mol. The third-order valence-corrected chi connectivity index (χ3v) is 2.09. The number of carboxylic acids is 1. The van der Waals surface area contributed by atoms with Crippen LogP contribution in [-0.2, 0) is 9.59 Å². The number of carboxylic acid groups (broad SMARTS) is 1. The molecule has 4 nitrogen and oxygen atoms in total. The van der Waals surface area contributed by atoms with Crippen LogP contribution in [0.4, 0.5) is 13.2 Å². The Balaban J connectivity index is 4.32. The highest BCUT2D eigenvalue weighted by molar-refractivity contribution is 5.77. The van der Waals surface area contributed by atoms with E-state index in [0.29, 0.717) is 0 Å². The van der Waals surface area contributed by atoms with E-state index >= 15 is 0 Å². The Morgan fingerprint density at radius 1 is 1.29 bits per heavy atom. The van der Waals surface area contributed by atoms with E-state index in [0.717, 1.165) is 4.90 Å². The largest absolute Gasteiger partial charge is 0.481 e. The molecule has 0 aromatic rings. The minimum Gasteiger partial charge on any atom is -0.481 e. The summed E-state index contributed by atoms with van der Waals surface area (Å²) < 4.78 is 36.1. The van der Waals surface area contributed by atoms with E-state index in [1.54, 1.807) is 13.8 Å². The van der Waals surface area contributed by atoms with E-state index in [9.17, 15) is 22.8 Å². The first-order valence-corrected chi connectivity index (χ1v) is 5.21. The van der Waals surface area contributed by atoms with Crippen molar-refractivity contribution >= 4 is 11.9 Å². The summed E-state index contributed by atoms with van der Waals surface area (Å²) in [5.41, 5.74) is 0. The van der Waals surface area contributed by atoms with E-state index in [4.69, 9.17) is 5.11 Å². The van der Waals surface area contributed by atoms with Gasteiger partial charge in [0.2, 0.25) is 5.91 Å². The molecule has 0 heterocycles. The molecule has 0 aromatic carbocycles. The van der Waals surface area contributed by atoms with Crippen molar-refractivity contribution in [1.82, 2.24) is 4.90 Å². The zero-order valence-corrected chi connectivity index (χ0v) is 9.75. The zero-order chi connectivity index (χ0) is 13.6. The van der Waals surface area contributed by atoms with E-state index in [-0.39, 0.29) is 25.4 Å². The Labute approximate surface area is 97.4 Å². The molecule has 1 amide bonds. The van der Waals surface area contributed by atoms with Gasteiger partial charge in [0.1, 0.15) is 6.42 Å². The van der Waals surface area contributed by atoms with Crippen LogP contribution in [0.3, 0.4) is 0 Å². The van der Waals surface area contributed by atoms with E-state index in [2.05, 4.69) is 0 Å². The summed E-state index contributed by atoms with van der Waals surface area (Å²) in [6.45, 7) is 3.21. The Morgan fingerprint density at radius 2 is 1.82 bits per heavy atom. The third kappa shape index (κ3) is 7.59. The van der Waals surface area contributed by atoms with Gasteiger partial charge in [-0.25, -0.2) is 0 Å². The highest BCUT2D eigenvalue weighted by Gasteiger charge is 2.34. The first-order valence-electron chi connectivity index (χ1n) is 5.21. The van der Waals surface area contributed by atoms with E-state index in [1.165, 1.54) is 0 Å². The number of amides is 1. The van der Waals surface area contributed by atoms with Crippen LogP contribution in [0.2, 0.25) is 0 Å². The highest BCUT2D eigenvalue weighted by Crippen LogP contribution is 2.21. The smallest absolute Gasteiger partial charge is 0.397 e. The summed E-state index contributed by atoms with van der Waals surface area (Å²) in [4.78, 5) is 22.7. The molecule has 7 heteroatoms. The van der Waals surface area contributed by atoms with Gasteiger partial charge in [0.05, 0.1) is 0 Å². The maximum Gasteiger partial charge on any atom is 0.397 e. The maximum atomic E-state index is 12.0. The molecule has 100 valence electrons. The number of hydrogen-bond donors (Lipinski definition) is 1. The minimum atomic E-state index is -4.53. The molecule has 0 saturated carbocycles. The molecule has 0 radical (unpaired) electrons. The number of aliphatic carboxylic acids is 1. The predicted molar refractivity (Wildman–Crippen MR) is 54.4 cm³/mol. The molecular weight excluding hydrogens is 239 g/mol. The van der Waals surface area contributed by atoms with Crippen molar-refractivity contribution in [1.29, 1.82) is 0 Å². The predicted octanol–water partition coefficient (Wildman–Crippen LogP) is 2.04. The molecule has 0 aliphatic rings. The lowest BCUT2D eigenvalue weighted by molar-refractivity contribution is -0.163. The lowest BCUT2D eigenvalue weighted by Crippen LogP contribution is -2.40. The first kappa shape index (κ1) is 15.7. The molecule has 0 unspecified atom stereocenters. The van der Waals surface area contributed by atoms with Crippen molar-refractivity contribution in [3.8, 4) is 0 Å². The van der Waals surface area contributed by atoms with Crippen LogP contribution >= 0.6 is 0 Å². The van der Waals surface area contributed by atoms with Gasteiger partial charge in [-0.15, -0.1) is 0 Å². The average molecular weight is 255 g/mol. The molecule has 17 heavy (non-hydrogen) atoms. The number of hydrogen-bond acceptors (Lipinski definition) is 2. The highest BCUT2D eigenvalue weighted by atomic mass is 19.4. The van der Waals surface area contributed by atoms with Crippen LogP contribution in [-0.4, -0.2) is 40.6 Å². The third-order valence-electron chi connectivity index (χ3n) is 2.09. The number of halogens is 3. The summed E-state index contributed by atoms with van der Waals surface area (Å²) >= 11 is 0. The minimum absolute atomic E-state index is 0.0267. The average Bonchev–Trinajstić information content (AvgIpc) is 2.07. The quantitative estimate of drug-likeness (QED) is 0.790. The molecule has 0 aliphatic carbocycles. The fourth-order valence-electron chi connectivity index (χ4n) is 1.34. The van der Waals surface area contributed by atoms with Crippen molar-refractivity contribution in [2.24, 2.45) is 0 Å². The fraction of sp³-hybridized carbons (Fsp3) is 0.800. The Kier molecular flexibility index (Phi) is 5.98. The van der Waals surface area contributed by atoms with Crippen molar-refractivity contribution in [2.75, 3.05) is 6.54 Å². The van der Waals surface area contributed by atoms with Crippen molar-refractivity contribution < 1.29 is 27.9 Å². The summed E-state index contributed by atoms with van der Waals surface area (Å²) in [7, 11) is 0. The van der Waals surface area contributed by atoms with E-state index in [1.807, 2.05) is 0 Å². The molecule has 1 N–H and O–H groups in total. The Bertz CT molecular complexity index is 276. The van der Waals surface area contributed by atoms with Gasteiger partial charge in [0, 0.05) is 19.0 Å². The molecule has 0 saturated heterocycles. The van der Waals surface area contributed by atoms with Crippen LogP contribution < -0.4 is 0 Å². The topological polar surface area (TPSA) is 57.6 Å². The normalized spacial score (nSPS) is 11.6. The summed E-state index contributed by atoms with van der Waals surface area (Å²) in [6, 6.07) is -0.376. The molecule has 0 aromatic heterocycles. The second-order valence-electron chi connectivity index (χ2n) is 3.97. The van der Waals surface area contributed by atoms with Crippen molar-refractivity contribution in [3.63, 3.8) is 0 Å².